The van der Waals surface area contributed by atoms with Gasteiger partial charge in [-0.25, -0.2) is 29.1 Å². The lowest BCUT2D eigenvalue weighted by Gasteiger charge is -2.17. The molecule has 12 heteroatoms. The summed E-state index contributed by atoms with van der Waals surface area (Å²) in [6.07, 6.45) is 4.24. The van der Waals surface area contributed by atoms with Crippen LogP contribution in [-0.4, -0.2) is 58.9 Å². The number of hydrogen-bond donors (Lipinski definition) is 1. The molecule has 1 fully saturated rings. The highest BCUT2D eigenvalue weighted by atomic mass is 32.1. The van der Waals surface area contributed by atoms with E-state index in [2.05, 4.69) is 30.2 Å². The molecule has 4 heterocycles. The number of nitrogens with one attached hydrogen (secondary N) is 1. The minimum absolute atomic E-state index is 0.0505. The predicted octanol–water partition coefficient (Wildman–Crippen LogP) is 6.37. The molecule has 0 saturated carbocycles. The minimum atomic E-state index is -0.643. The van der Waals surface area contributed by atoms with Crippen molar-refractivity contribution in [2.75, 3.05) is 37.0 Å². The highest BCUT2D eigenvalue weighted by Gasteiger charge is 2.18. The molecule has 1 aliphatic heterocycles. The lowest BCUT2D eigenvalue weighted by atomic mass is 10.1. The van der Waals surface area contributed by atoms with Crippen LogP contribution in [0.2, 0.25) is 0 Å². The summed E-state index contributed by atoms with van der Waals surface area (Å²) in [6, 6.07) is 10.5. The Morgan fingerprint density at radius 2 is 1.93 bits per heavy atom. The van der Waals surface area contributed by atoms with Crippen molar-refractivity contribution in [3.63, 3.8) is 0 Å². The molecule has 1 N–H and O–H groups in total. The molecule has 1 amide bonds. The Balaban J connectivity index is 1.11. The quantitative estimate of drug-likeness (QED) is 0.221. The Hall–Kier alpha value is -4.58. The van der Waals surface area contributed by atoms with Crippen LogP contribution in [-0.2, 0) is 4.74 Å². The van der Waals surface area contributed by atoms with Crippen LogP contribution in [0.5, 0.6) is 11.6 Å². The van der Waals surface area contributed by atoms with Crippen molar-refractivity contribution in [3.05, 3.63) is 60.2 Å². The molecule has 10 nitrogen and oxygen atoms in total. The van der Waals surface area contributed by atoms with Gasteiger partial charge in [-0.15, -0.1) is 11.3 Å². The van der Waals surface area contributed by atoms with Crippen LogP contribution >= 0.6 is 11.3 Å². The topological polar surface area (TPSA) is 112 Å². The maximum atomic E-state index is 15.0. The molecule has 2 aromatic carbocycles. The van der Waals surface area contributed by atoms with Gasteiger partial charge in [-0.05, 0) is 56.5 Å². The molecule has 3 aromatic heterocycles. The number of anilines is 2. The highest BCUT2D eigenvalue weighted by Crippen LogP contribution is 2.37. The van der Waals surface area contributed by atoms with Crippen molar-refractivity contribution in [2.45, 2.75) is 32.8 Å². The number of fused-ring (bicyclic) bond motifs is 2. The zero-order valence-electron chi connectivity index (χ0n) is 23.4. The van der Waals surface area contributed by atoms with Crippen molar-refractivity contribution in [3.8, 4) is 22.2 Å². The third-order valence-electron chi connectivity index (χ3n) is 6.85. The Bertz CT molecular complexity index is 1760. The van der Waals surface area contributed by atoms with E-state index in [9.17, 15) is 9.18 Å². The molecule has 0 spiro atoms. The first-order valence-electron chi connectivity index (χ1n) is 13.6. The van der Waals surface area contributed by atoms with Gasteiger partial charge < -0.3 is 19.1 Å². The molecular weight excluding hydrogens is 559 g/mol. The summed E-state index contributed by atoms with van der Waals surface area (Å²) >= 11 is 1.40. The van der Waals surface area contributed by atoms with Crippen LogP contribution in [0, 0.1) is 12.7 Å². The number of amides is 1. The molecule has 42 heavy (non-hydrogen) atoms. The summed E-state index contributed by atoms with van der Waals surface area (Å²) in [6.45, 7) is 5.58. The fraction of sp³-hybridized carbons (Fsp3) is 0.300. The first-order chi connectivity index (χ1) is 20.4. The van der Waals surface area contributed by atoms with E-state index >= 15 is 0 Å². The third-order valence-corrected chi connectivity index (χ3v) is 7.90. The van der Waals surface area contributed by atoms with E-state index in [-0.39, 0.29) is 12.4 Å². The van der Waals surface area contributed by atoms with Crippen molar-refractivity contribution in [1.82, 2.24) is 19.9 Å². The molecule has 5 aromatic rings. The Labute approximate surface area is 245 Å². The number of pyridine rings is 1. The molecule has 0 unspecified atom stereocenters. The lowest BCUT2D eigenvalue weighted by molar-refractivity contribution is 0.0969. The number of aryl methyl sites for hydroxylation is 1. The molecule has 216 valence electrons. The van der Waals surface area contributed by atoms with Crippen LogP contribution in [0.1, 0.15) is 25.3 Å². The Morgan fingerprint density at radius 1 is 1.10 bits per heavy atom. The standard InChI is InChI=1S/C30H29FN6O4S/c1-17-10-20(28-23(11-17)35-27(39-3)15-33-28)29-36-22-12-21(31)24(13-25(22)42-29)41-18(2)16-40-30(38)34-19-6-7-26(32-14-19)37-8-4-5-9-37/h6-7,10-15,18H,4-5,8-9,16H2,1-3H3,(H,34,38)/t18-/m0/s1. The van der Waals surface area contributed by atoms with E-state index < -0.39 is 18.0 Å². The summed E-state index contributed by atoms with van der Waals surface area (Å²) in [7, 11) is 1.54. The second-order valence-corrected chi connectivity index (χ2v) is 11.1. The van der Waals surface area contributed by atoms with Crippen molar-refractivity contribution in [1.29, 1.82) is 0 Å². The number of hydrogen-bond acceptors (Lipinski definition) is 10. The number of rotatable bonds is 8. The zero-order chi connectivity index (χ0) is 29.2. The monoisotopic (exact) mass is 588 g/mol. The van der Waals surface area contributed by atoms with Crippen LogP contribution < -0.4 is 19.7 Å². The number of ether oxygens (including phenoxy) is 3. The van der Waals surface area contributed by atoms with Crippen LogP contribution in [0.3, 0.4) is 0 Å². The smallest absolute Gasteiger partial charge is 0.411 e. The van der Waals surface area contributed by atoms with Gasteiger partial charge in [-0.1, -0.05) is 0 Å². The molecule has 0 radical (unpaired) electrons. The predicted molar refractivity (Wildman–Crippen MR) is 160 cm³/mol. The highest BCUT2D eigenvalue weighted by molar-refractivity contribution is 7.21. The normalized spacial score (nSPS) is 13.9. The summed E-state index contributed by atoms with van der Waals surface area (Å²) < 4.78 is 32.1. The molecular formula is C30H29FN6O4S. The van der Waals surface area contributed by atoms with Gasteiger partial charge in [0.05, 0.1) is 46.4 Å². The molecule has 0 bridgehead atoms. The zero-order valence-corrected chi connectivity index (χ0v) is 24.2. The number of carbonyl (C=O) groups excluding carboxylic acids is 1. The molecule has 1 atom stereocenters. The Kier molecular flexibility index (Phi) is 7.70. The van der Waals surface area contributed by atoms with Crippen molar-refractivity contribution in [2.24, 2.45) is 0 Å². The first-order valence-corrected chi connectivity index (χ1v) is 14.4. The number of methoxy groups -OCH3 is 1. The lowest BCUT2D eigenvalue weighted by Crippen LogP contribution is -2.24. The fourth-order valence-electron chi connectivity index (χ4n) is 4.84. The van der Waals surface area contributed by atoms with Gasteiger partial charge in [-0.2, -0.15) is 0 Å². The Morgan fingerprint density at radius 3 is 2.69 bits per heavy atom. The van der Waals surface area contributed by atoms with Gasteiger partial charge in [0, 0.05) is 30.8 Å². The summed E-state index contributed by atoms with van der Waals surface area (Å²) in [5.41, 5.74) is 4.19. The number of nitrogens with zero attached hydrogens (tertiary/aromatic N) is 5. The van der Waals surface area contributed by atoms with E-state index in [0.717, 1.165) is 47.6 Å². The molecule has 1 aliphatic rings. The van der Waals surface area contributed by atoms with E-state index in [1.165, 1.54) is 17.4 Å². The van der Waals surface area contributed by atoms with Gasteiger partial charge in [0.15, 0.2) is 11.6 Å². The van der Waals surface area contributed by atoms with E-state index in [4.69, 9.17) is 14.2 Å². The number of aromatic nitrogens is 4. The van der Waals surface area contributed by atoms with E-state index in [0.29, 0.717) is 33.1 Å². The third kappa shape index (κ3) is 5.89. The number of benzene rings is 2. The van der Waals surface area contributed by atoms with Gasteiger partial charge in [0.2, 0.25) is 5.88 Å². The van der Waals surface area contributed by atoms with Crippen LogP contribution in [0.15, 0.2) is 48.8 Å². The fourth-order valence-corrected chi connectivity index (χ4v) is 5.83. The minimum Gasteiger partial charge on any atom is -0.484 e. The summed E-state index contributed by atoms with van der Waals surface area (Å²) in [5.74, 6) is 0.807. The van der Waals surface area contributed by atoms with Gasteiger partial charge in [-0.3, -0.25) is 5.32 Å². The van der Waals surface area contributed by atoms with Gasteiger partial charge in [0.1, 0.15) is 23.5 Å². The number of thiazole rings is 1. The van der Waals surface area contributed by atoms with Crippen molar-refractivity contribution < 1.29 is 23.4 Å². The summed E-state index contributed by atoms with van der Waals surface area (Å²) in [4.78, 5) is 32.6. The maximum absolute atomic E-state index is 15.0. The average molecular weight is 589 g/mol. The molecule has 0 aliphatic carbocycles. The first kappa shape index (κ1) is 27.6. The SMILES string of the molecule is COc1cnc2c(-c3nc4cc(F)c(O[C@@H](C)COC(=O)Nc5ccc(N6CCCC6)nc5)cc4s3)cc(C)cc2n1. The van der Waals surface area contributed by atoms with Crippen LogP contribution in [0.4, 0.5) is 20.7 Å². The second-order valence-electron chi connectivity index (χ2n) is 10.1. The van der Waals surface area contributed by atoms with Crippen molar-refractivity contribution >= 4 is 50.2 Å². The molecule has 1 saturated heterocycles. The van der Waals surface area contributed by atoms with E-state index in [1.54, 1.807) is 38.6 Å². The summed E-state index contributed by atoms with van der Waals surface area (Å²) in [5, 5.41) is 3.35. The van der Waals surface area contributed by atoms with Gasteiger partial charge in [0.25, 0.3) is 0 Å². The molecule has 6 rings (SSSR count). The second kappa shape index (κ2) is 11.7. The van der Waals surface area contributed by atoms with Crippen LogP contribution in [0.25, 0.3) is 31.8 Å². The largest absolute Gasteiger partial charge is 0.484 e. The number of carbonyl (C=O) groups is 1. The van der Waals surface area contributed by atoms with Gasteiger partial charge >= 0.3 is 6.09 Å². The number of halogens is 1. The average Bonchev–Trinajstić information content (AvgIpc) is 3.66. The van der Waals surface area contributed by atoms with E-state index in [1.807, 2.05) is 25.1 Å². The maximum Gasteiger partial charge on any atom is 0.411 e.